The fraction of sp³-hybridized carbons (Fsp3) is 0.696. The summed E-state index contributed by atoms with van der Waals surface area (Å²) < 4.78 is 16.2. The number of fused-ring (bicyclic) bond motifs is 1. The van der Waals surface area contributed by atoms with Crippen molar-refractivity contribution in [1.82, 2.24) is 25.5 Å². The molecule has 2 unspecified atom stereocenters. The molecular weight excluding hydrogens is 473 g/mol. The molecule has 3 rings (SSSR count). The summed E-state index contributed by atoms with van der Waals surface area (Å²) in [6.45, 7) is 7.44. The largest absolute Gasteiger partial charge is 0.338 e. The number of amides is 3. The van der Waals surface area contributed by atoms with Crippen molar-refractivity contribution >= 4 is 26.0 Å². The van der Waals surface area contributed by atoms with E-state index in [1.807, 2.05) is 27.7 Å². The highest BCUT2D eigenvalue weighted by Gasteiger charge is 2.51. The molecule has 1 aliphatic heterocycles. The van der Waals surface area contributed by atoms with Crippen molar-refractivity contribution in [2.45, 2.75) is 90.6 Å². The Morgan fingerprint density at radius 2 is 2.00 bits per heavy atom. The minimum Gasteiger partial charge on any atom is -0.338 e. The predicted octanol–water partition coefficient (Wildman–Crippen LogP) is 2.03. The van der Waals surface area contributed by atoms with Crippen LogP contribution in [0.5, 0.6) is 0 Å². The van der Waals surface area contributed by atoms with Crippen LogP contribution < -0.4 is 10.6 Å². The number of nitrogens with zero attached hydrogens (tertiary/aromatic N) is 3. The number of carbonyl (C=O) groups is 3. The van der Waals surface area contributed by atoms with Crippen LogP contribution in [0.2, 0.25) is 0 Å². The molecule has 1 aromatic heterocycles. The van der Waals surface area contributed by atoms with Gasteiger partial charge in [-0.25, -0.2) is 4.98 Å². The number of hydrogen-bond donors (Lipinski definition) is 3. The van der Waals surface area contributed by atoms with Crippen LogP contribution in [-0.2, 0) is 18.7 Å². The zero-order valence-electron chi connectivity index (χ0n) is 20.7. The van der Waals surface area contributed by atoms with Gasteiger partial charge < -0.3 is 20.4 Å². The lowest BCUT2D eigenvalue weighted by molar-refractivity contribution is -0.145. The Morgan fingerprint density at radius 1 is 1.26 bits per heavy atom. The molecule has 194 valence electrons. The molecule has 2 heterocycles. The number of likely N-dealkylation sites (tertiary alicyclic amines) is 1. The van der Waals surface area contributed by atoms with Crippen LogP contribution in [0.4, 0.5) is 0 Å². The normalized spacial score (nSPS) is 24.4. The summed E-state index contributed by atoms with van der Waals surface area (Å²) >= 11 is 0. The van der Waals surface area contributed by atoms with E-state index < -0.39 is 43.8 Å². The third-order valence-corrected chi connectivity index (χ3v) is 7.16. The van der Waals surface area contributed by atoms with Gasteiger partial charge in [-0.15, -0.1) is 0 Å². The van der Waals surface area contributed by atoms with Crippen LogP contribution >= 0.6 is 8.25 Å². The molecule has 0 spiro atoms. The zero-order valence-corrected chi connectivity index (χ0v) is 21.7. The average molecular weight is 510 g/mol. The van der Waals surface area contributed by atoms with Crippen LogP contribution in [0, 0.1) is 11.3 Å². The predicted molar refractivity (Wildman–Crippen MR) is 128 cm³/mol. The summed E-state index contributed by atoms with van der Waals surface area (Å²) in [7, 11) is -3.24. The van der Waals surface area contributed by atoms with Crippen molar-refractivity contribution in [3.63, 3.8) is 0 Å². The first-order valence-corrected chi connectivity index (χ1v) is 13.4. The molecule has 6 atom stereocenters. The summed E-state index contributed by atoms with van der Waals surface area (Å²) in [6.07, 6.45) is 7.47. The lowest BCUT2D eigenvalue weighted by Crippen LogP contribution is -2.60. The number of rotatable bonds is 9. The molecule has 3 amide bonds. The van der Waals surface area contributed by atoms with E-state index >= 15 is 0 Å². The van der Waals surface area contributed by atoms with Gasteiger partial charge in [0, 0.05) is 18.4 Å². The summed E-state index contributed by atoms with van der Waals surface area (Å²) in [6, 6.07) is -1.75. The fourth-order valence-corrected chi connectivity index (χ4v) is 5.48. The second kappa shape index (κ2) is 11.6. The molecule has 3 N–H and O–H groups in total. The topological polar surface area (TPSA) is 151 Å². The number of hydrogen-bond acceptors (Lipinski definition) is 7. The quantitative estimate of drug-likeness (QED) is 0.338. The van der Waals surface area contributed by atoms with E-state index in [0.29, 0.717) is 19.3 Å². The molecule has 1 aromatic rings. The number of carbonyl (C=O) groups excluding carboxylic acids is 3. The molecule has 0 bridgehead atoms. The average Bonchev–Trinajstić information content (AvgIpc) is 3.38. The van der Waals surface area contributed by atoms with Crippen LogP contribution in [0.3, 0.4) is 0 Å². The zero-order chi connectivity index (χ0) is 25.8. The van der Waals surface area contributed by atoms with E-state index in [2.05, 4.69) is 20.6 Å². The van der Waals surface area contributed by atoms with Crippen LogP contribution in [0.15, 0.2) is 18.6 Å². The van der Waals surface area contributed by atoms with Gasteiger partial charge in [-0.1, -0.05) is 40.5 Å². The SMILES string of the molecule is CCCC(NC(=O)[C@H]1C[C@@H]2CCC[C@@H]2N1C(=O)[C@@H](NC(=O)c1cnccn1)C(C)(C)C)O[PH](=O)O. The first kappa shape index (κ1) is 27.2. The minimum atomic E-state index is -3.24. The van der Waals surface area contributed by atoms with Gasteiger partial charge in [0.25, 0.3) is 5.91 Å². The Balaban J connectivity index is 1.85. The number of nitrogens with one attached hydrogen (secondary N) is 2. The summed E-state index contributed by atoms with van der Waals surface area (Å²) in [4.78, 5) is 58.9. The monoisotopic (exact) mass is 509 g/mol. The molecule has 11 nitrogen and oxygen atoms in total. The molecular formula is C23H36N5O6P. The van der Waals surface area contributed by atoms with Gasteiger partial charge in [0.1, 0.15) is 24.0 Å². The van der Waals surface area contributed by atoms with E-state index in [4.69, 9.17) is 4.52 Å². The molecule has 1 saturated heterocycles. The highest BCUT2D eigenvalue weighted by molar-refractivity contribution is 7.32. The first-order chi connectivity index (χ1) is 16.5. The Hall–Kier alpha value is -2.36. The van der Waals surface area contributed by atoms with E-state index in [0.717, 1.165) is 19.3 Å². The Kier molecular flexibility index (Phi) is 9.01. The summed E-state index contributed by atoms with van der Waals surface area (Å²) in [5.41, 5.74) is -0.542. The highest BCUT2D eigenvalue weighted by atomic mass is 31.1. The van der Waals surface area contributed by atoms with Gasteiger partial charge in [-0.05, 0) is 37.0 Å². The van der Waals surface area contributed by atoms with Gasteiger partial charge in [0.2, 0.25) is 11.8 Å². The number of aromatic nitrogens is 2. The van der Waals surface area contributed by atoms with Crippen molar-refractivity contribution < 1.29 is 28.4 Å². The fourth-order valence-electron chi connectivity index (χ4n) is 5.06. The molecule has 12 heteroatoms. The van der Waals surface area contributed by atoms with Crippen LogP contribution in [0.1, 0.15) is 76.7 Å². The molecule has 0 radical (unpaired) electrons. The van der Waals surface area contributed by atoms with Crippen molar-refractivity contribution in [3.05, 3.63) is 24.3 Å². The maximum absolute atomic E-state index is 14.0. The molecule has 2 aliphatic rings. The maximum Gasteiger partial charge on any atom is 0.318 e. The second-order valence-electron chi connectivity index (χ2n) is 10.3. The van der Waals surface area contributed by atoms with Crippen molar-refractivity contribution in [2.24, 2.45) is 11.3 Å². The molecule has 35 heavy (non-hydrogen) atoms. The van der Waals surface area contributed by atoms with Gasteiger partial charge >= 0.3 is 8.25 Å². The maximum atomic E-state index is 14.0. The van der Waals surface area contributed by atoms with Gasteiger partial charge in [0.05, 0.1) is 6.20 Å². The van der Waals surface area contributed by atoms with Gasteiger partial charge in [-0.3, -0.25) is 28.5 Å². The van der Waals surface area contributed by atoms with Crippen molar-refractivity contribution in [1.29, 1.82) is 0 Å². The van der Waals surface area contributed by atoms with Crippen LogP contribution in [-0.4, -0.2) is 61.8 Å². The highest BCUT2D eigenvalue weighted by Crippen LogP contribution is 2.42. The van der Waals surface area contributed by atoms with Crippen LogP contribution in [0.25, 0.3) is 0 Å². The lowest BCUT2D eigenvalue weighted by Gasteiger charge is -2.38. The van der Waals surface area contributed by atoms with E-state index in [1.165, 1.54) is 18.6 Å². The Bertz CT molecular complexity index is 940. The molecule has 1 saturated carbocycles. The third kappa shape index (κ3) is 6.65. The van der Waals surface area contributed by atoms with E-state index in [-0.39, 0.29) is 23.6 Å². The van der Waals surface area contributed by atoms with Crippen molar-refractivity contribution in [2.75, 3.05) is 0 Å². The Labute approximate surface area is 206 Å². The smallest absolute Gasteiger partial charge is 0.318 e. The van der Waals surface area contributed by atoms with Gasteiger partial charge in [0.15, 0.2) is 0 Å². The first-order valence-electron chi connectivity index (χ1n) is 12.1. The Morgan fingerprint density at radius 3 is 2.60 bits per heavy atom. The lowest BCUT2D eigenvalue weighted by atomic mass is 9.85. The standard InChI is InChI=1S/C23H36N5O6P/c1-5-7-18(34-35(32)33)26-21(30)17-12-14-8-6-9-16(14)28(17)22(31)19(23(2,3)4)27-20(29)15-13-24-10-11-25-15/h10-11,13-14,16-19,35H,5-9,12H2,1-4H3,(H,26,30)(H,27,29)(H,32,33)/t14-,16-,17+,18?,19+/m0/s1. The summed E-state index contributed by atoms with van der Waals surface area (Å²) in [5.74, 6) is -1.07. The molecule has 0 aromatic carbocycles. The van der Waals surface area contributed by atoms with Crippen molar-refractivity contribution in [3.8, 4) is 0 Å². The third-order valence-electron chi connectivity index (χ3n) is 6.68. The van der Waals surface area contributed by atoms with Gasteiger partial charge in [-0.2, -0.15) is 0 Å². The van der Waals surface area contributed by atoms with E-state index in [9.17, 15) is 23.8 Å². The van der Waals surface area contributed by atoms with E-state index in [1.54, 1.807) is 4.90 Å². The second-order valence-corrected chi connectivity index (χ2v) is 11.1. The molecule has 1 aliphatic carbocycles. The molecule has 2 fully saturated rings. The summed E-state index contributed by atoms with van der Waals surface area (Å²) in [5, 5.41) is 5.53. The minimum absolute atomic E-state index is 0.0981.